The fraction of sp³-hybridized carbons (Fsp3) is 0.294. The minimum atomic E-state index is -3.80. The quantitative estimate of drug-likeness (QED) is 0.843. The van der Waals surface area contributed by atoms with E-state index in [1.165, 1.54) is 19.2 Å². The first kappa shape index (κ1) is 18.9. The van der Waals surface area contributed by atoms with Gasteiger partial charge in [-0.15, -0.1) is 0 Å². The van der Waals surface area contributed by atoms with Gasteiger partial charge in [0.05, 0.1) is 4.90 Å². The highest BCUT2D eigenvalue weighted by Crippen LogP contribution is 2.27. The van der Waals surface area contributed by atoms with Gasteiger partial charge >= 0.3 is 0 Å². The average molecular weight is 372 g/mol. The molecule has 0 aliphatic rings. The second-order valence-corrected chi connectivity index (χ2v) is 7.85. The van der Waals surface area contributed by atoms with Crippen molar-refractivity contribution in [2.75, 3.05) is 13.7 Å². The van der Waals surface area contributed by atoms with Gasteiger partial charge in [-0.2, -0.15) is 0 Å². The predicted octanol–water partition coefficient (Wildman–Crippen LogP) is 3.63. The molecule has 1 atom stereocenters. The smallest absolute Gasteiger partial charge is 0.240 e. The molecular formula is C17H19ClFNO3S. The van der Waals surface area contributed by atoms with Gasteiger partial charge in [-0.3, -0.25) is 0 Å². The third-order valence-electron chi connectivity index (χ3n) is 3.91. The second kappa shape index (κ2) is 7.19. The maximum absolute atomic E-state index is 13.2. The van der Waals surface area contributed by atoms with Gasteiger partial charge in [-0.1, -0.05) is 23.7 Å². The van der Waals surface area contributed by atoms with Crippen LogP contribution in [0.3, 0.4) is 0 Å². The first-order chi connectivity index (χ1) is 11.2. The average Bonchev–Trinajstić information content (AvgIpc) is 2.52. The lowest BCUT2D eigenvalue weighted by Gasteiger charge is -2.29. The molecule has 4 nitrogen and oxygen atoms in total. The number of nitrogens with one attached hydrogen (secondary N) is 1. The molecule has 2 aromatic carbocycles. The van der Waals surface area contributed by atoms with Crippen molar-refractivity contribution in [1.82, 2.24) is 4.72 Å². The molecule has 0 saturated heterocycles. The van der Waals surface area contributed by atoms with Crippen LogP contribution in [-0.4, -0.2) is 22.1 Å². The molecule has 0 fully saturated rings. The van der Waals surface area contributed by atoms with Crippen molar-refractivity contribution in [3.05, 3.63) is 64.4 Å². The number of hydrogen-bond donors (Lipinski definition) is 1. The zero-order valence-corrected chi connectivity index (χ0v) is 15.2. The number of methoxy groups -OCH3 is 1. The second-order valence-electron chi connectivity index (χ2n) is 5.68. The van der Waals surface area contributed by atoms with Gasteiger partial charge in [0.2, 0.25) is 10.0 Å². The highest BCUT2D eigenvalue weighted by molar-refractivity contribution is 7.89. The van der Waals surface area contributed by atoms with E-state index in [1.807, 2.05) is 6.07 Å². The fourth-order valence-corrected chi connectivity index (χ4v) is 3.88. The molecule has 0 heterocycles. The third kappa shape index (κ3) is 4.13. The van der Waals surface area contributed by atoms with Crippen molar-refractivity contribution in [3.63, 3.8) is 0 Å². The Morgan fingerprint density at radius 1 is 1.25 bits per heavy atom. The summed E-state index contributed by atoms with van der Waals surface area (Å²) in [6.07, 6.45) is 0. The number of rotatable bonds is 6. The highest BCUT2D eigenvalue weighted by Gasteiger charge is 2.29. The van der Waals surface area contributed by atoms with Crippen LogP contribution in [0.1, 0.15) is 18.1 Å². The summed E-state index contributed by atoms with van der Waals surface area (Å²) in [5.74, 6) is -0.480. The predicted molar refractivity (Wildman–Crippen MR) is 92.1 cm³/mol. The van der Waals surface area contributed by atoms with Crippen LogP contribution in [0.5, 0.6) is 0 Å². The summed E-state index contributed by atoms with van der Waals surface area (Å²) in [4.78, 5) is 0.0356. The molecule has 0 bridgehead atoms. The Labute approximate surface area is 146 Å². The number of ether oxygens (including phenoxy) is 1. The standard InChI is InChI=1S/C17H19ClFNO3S/c1-12-9-15(19)7-8-16(12)24(21,22)20-11-17(2,23-3)13-5-4-6-14(18)10-13/h4-10,20H,11H2,1-3H3. The van der Waals surface area contributed by atoms with Gasteiger partial charge in [0.1, 0.15) is 11.4 Å². The Bertz CT molecular complexity index is 841. The largest absolute Gasteiger partial charge is 0.372 e. The molecule has 130 valence electrons. The Balaban J connectivity index is 2.26. The summed E-state index contributed by atoms with van der Waals surface area (Å²) < 4.78 is 46.2. The highest BCUT2D eigenvalue weighted by atomic mass is 35.5. The number of halogens is 2. The molecule has 0 aromatic heterocycles. The van der Waals surface area contributed by atoms with Crippen LogP contribution in [0.2, 0.25) is 5.02 Å². The van der Waals surface area contributed by atoms with E-state index in [2.05, 4.69) is 4.72 Å². The molecular weight excluding hydrogens is 353 g/mol. The summed E-state index contributed by atoms with van der Waals surface area (Å²) in [5.41, 5.74) is 0.187. The van der Waals surface area contributed by atoms with Crippen molar-refractivity contribution < 1.29 is 17.5 Å². The minimum absolute atomic E-state index is 0.00297. The Kier molecular flexibility index (Phi) is 5.65. The molecule has 2 aromatic rings. The molecule has 1 N–H and O–H groups in total. The van der Waals surface area contributed by atoms with Crippen LogP contribution < -0.4 is 4.72 Å². The zero-order valence-electron chi connectivity index (χ0n) is 13.6. The lowest BCUT2D eigenvalue weighted by atomic mass is 9.96. The SMILES string of the molecule is COC(C)(CNS(=O)(=O)c1ccc(F)cc1C)c1cccc(Cl)c1. The van der Waals surface area contributed by atoms with E-state index in [-0.39, 0.29) is 11.4 Å². The lowest BCUT2D eigenvalue weighted by Crippen LogP contribution is -2.40. The molecule has 0 aliphatic heterocycles. The van der Waals surface area contributed by atoms with Crippen molar-refractivity contribution >= 4 is 21.6 Å². The molecule has 0 radical (unpaired) electrons. The third-order valence-corrected chi connectivity index (χ3v) is 5.71. The molecule has 0 amide bonds. The topological polar surface area (TPSA) is 55.4 Å². The molecule has 24 heavy (non-hydrogen) atoms. The number of hydrogen-bond acceptors (Lipinski definition) is 3. The summed E-state index contributed by atoms with van der Waals surface area (Å²) in [6.45, 7) is 3.31. The van der Waals surface area contributed by atoms with Gasteiger partial charge in [-0.05, 0) is 55.3 Å². The van der Waals surface area contributed by atoms with Gasteiger partial charge in [0.25, 0.3) is 0 Å². The van der Waals surface area contributed by atoms with Crippen LogP contribution in [0, 0.1) is 12.7 Å². The van der Waals surface area contributed by atoms with Crippen molar-refractivity contribution in [3.8, 4) is 0 Å². The molecule has 7 heteroatoms. The fourth-order valence-electron chi connectivity index (χ4n) is 2.33. The Morgan fingerprint density at radius 3 is 2.54 bits per heavy atom. The van der Waals surface area contributed by atoms with Gasteiger partial charge in [0.15, 0.2) is 0 Å². The number of benzene rings is 2. The molecule has 0 aliphatic carbocycles. The summed E-state index contributed by atoms with van der Waals surface area (Å²) in [5, 5.41) is 0.535. The number of sulfonamides is 1. The van der Waals surface area contributed by atoms with Crippen LogP contribution in [0.4, 0.5) is 4.39 Å². The summed E-state index contributed by atoms with van der Waals surface area (Å²) in [7, 11) is -2.30. The van der Waals surface area contributed by atoms with Crippen molar-refractivity contribution in [1.29, 1.82) is 0 Å². The van der Waals surface area contributed by atoms with Crippen LogP contribution in [0.25, 0.3) is 0 Å². The van der Waals surface area contributed by atoms with Crippen LogP contribution in [0.15, 0.2) is 47.4 Å². The Hall–Kier alpha value is -1.47. The first-order valence-corrected chi connectivity index (χ1v) is 9.11. The summed E-state index contributed by atoms with van der Waals surface area (Å²) >= 11 is 6.00. The van der Waals surface area contributed by atoms with E-state index in [0.29, 0.717) is 10.6 Å². The van der Waals surface area contributed by atoms with E-state index < -0.39 is 21.4 Å². The van der Waals surface area contributed by atoms with Crippen LogP contribution >= 0.6 is 11.6 Å². The molecule has 1 unspecified atom stereocenters. The van der Waals surface area contributed by atoms with E-state index in [1.54, 1.807) is 32.0 Å². The van der Waals surface area contributed by atoms with E-state index in [0.717, 1.165) is 11.6 Å². The van der Waals surface area contributed by atoms with Gasteiger partial charge in [0, 0.05) is 18.7 Å². The zero-order chi connectivity index (χ0) is 18.0. The van der Waals surface area contributed by atoms with Gasteiger partial charge < -0.3 is 4.74 Å². The maximum Gasteiger partial charge on any atom is 0.240 e. The lowest BCUT2D eigenvalue weighted by molar-refractivity contribution is 0.00698. The number of aryl methyl sites for hydroxylation is 1. The molecule has 0 saturated carbocycles. The van der Waals surface area contributed by atoms with Crippen LogP contribution in [-0.2, 0) is 20.4 Å². The van der Waals surface area contributed by atoms with E-state index >= 15 is 0 Å². The minimum Gasteiger partial charge on any atom is -0.372 e. The van der Waals surface area contributed by atoms with Crippen molar-refractivity contribution in [2.24, 2.45) is 0 Å². The summed E-state index contributed by atoms with van der Waals surface area (Å²) in [6, 6.07) is 10.6. The van der Waals surface area contributed by atoms with Crippen molar-refractivity contribution in [2.45, 2.75) is 24.3 Å². The first-order valence-electron chi connectivity index (χ1n) is 7.25. The van der Waals surface area contributed by atoms with Gasteiger partial charge in [-0.25, -0.2) is 17.5 Å². The monoisotopic (exact) mass is 371 g/mol. The van der Waals surface area contributed by atoms with E-state index in [4.69, 9.17) is 16.3 Å². The van der Waals surface area contributed by atoms with E-state index in [9.17, 15) is 12.8 Å². The molecule has 0 spiro atoms. The Morgan fingerprint density at radius 2 is 1.96 bits per heavy atom. The molecule has 2 rings (SSSR count). The maximum atomic E-state index is 13.2. The normalized spacial score (nSPS) is 14.4.